The van der Waals surface area contributed by atoms with Crippen LogP contribution in [0.2, 0.25) is 0 Å². The second kappa shape index (κ2) is 11.6. The van der Waals surface area contributed by atoms with Crippen molar-refractivity contribution in [3.8, 4) is 0 Å². The van der Waals surface area contributed by atoms with Crippen molar-refractivity contribution < 1.29 is 4.74 Å². The van der Waals surface area contributed by atoms with E-state index in [1.54, 1.807) is 7.11 Å². The van der Waals surface area contributed by atoms with Crippen LogP contribution in [0.3, 0.4) is 0 Å². The number of aryl methyl sites for hydroxylation is 1. The highest BCUT2D eigenvalue weighted by Crippen LogP contribution is 2.17. The van der Waals surface area contributed by atoms with Crippen LogP contribution in [-0.4, -0.2) is 32.8 Å². The minimum atomic E-state index is 0.754. The summed E-state index contributed by atoms with van der Waals surface area (Å²) < 4.78 is 5.05. The van der Waals surface area contributed by atoms with Crippen LogP contribution >= 0.6 is 11.3 Å². The Balaban J connectivity index is 2.31. The van der Waals surface area contributed by atoms with Gasteiger partial charge in [0.1, 0.15) is 0 Å². The summed E-state index contributed by atoms with van der Waals surface area (Å²) in [6.07, 6.45) is 4.56. The van der Waals surface area contributed by atoms with E-state index >= 15 is 0 Å². The van der Waals surface area contributed by atoms with Gasteiger partial charge in [-0.25, -0.2) is 4.99 Å². The summed E-state index contributed by atoms with van der Waals surface area (Å²) in [6.45, 7) is 7.74. The van der Waals surface area contributed by atoms with Crippen molar-refractivity contribution in [3.05, 3.63) is 21.9 Å². The van der Waals surface area contributed by atoms with Crippen LogP contribution in [0.15, 0.2) is 17.1 Å². The van der Waals surface area contributed by atoms with Crippen molar-refractivity contribution in [1.82, 2.24) is 10.6 Å². The number of nitrogens with one attached hydrogen (secondary N) is 2. The monoisotopic (exact) mass is 311 g/mol. The minimum absolute atomic E-state index is 0.754. The molecule has 1 aromatic rings. The van der Waals surface area contributed by atoms with E-state index in [4.69, 9.17) is 4.74 Å². The first-order chi connectivity index (χ1) is 10.3. The molecule has 4 nitrogen and oxygen atoms in total. The van der Waals surface area contributed by atoms with Crippen molar-refractivity contribution in [2.24, 2.45) is 4.99 Å². The third-order valence-corrected chi connectivity index (χ3v) is 4.33. The van der Waals surface area contributed by atoms with E-state index < -0.39 is 0 Å². The fourth-order valence-electron chi connectivity index (χ4n) is 1.95. The Labute approximate surface area is 133 Å². The largest absolute Gasteiger partial charge is 0.385 e. The van der Waals surface area contributed by atoms with Crippen molar-refractivity contribution in [2.45, 2.75) is 46.1 Å². The molecule has 0 aliphatic heterocycles. The Kier molecular flexibility index (Phi) is 9.91. The van der Waals surface area contributed by atoms with Crippen LogP contribution in [0.4, 0.5) is 0 Å². The van der Waals surface area contributed by atoms with E-state index in [9.17, 15) is 0 Å². The van der Waals surface area contributed by atoms with Gasteiger partial charge in [-0.15, -0.1) is 11.3 Å². The van der Waals surface area contributed by atoms with Crippen molar-refractivity contribution in [3.63, 3.8) is 0 Å². The lowest BCUT2D eigenvalue weighted by Gasteiger charge is -2.10. The van der Waals surface area contributed by atoms with Crippen LogP contribution in [0.5, 0.6) is 0 Å². The van der Waals surface area contributed by atoms with Gasteiger partial charge in [0.15, 0.2) is 5.96 Å². The van der Waals surface area contributed by atoms with Gasteiger partial charge in [0, 0.05) is 36.6 Å². The number of guanidine groups is 1. The van der Waals surface area contributed by atoms with Gasteiger partial charge in [0.05, 0.1) is 6.54 Å². The van der Waals surface area contributed by atoms with Crippen molar-refractivity contribution >= 4 is 17.3 Å². The molecule has 0 atom stereocenters. The fourth-order valence-corrected chi connectivity index (χ4v) is 2.83. The first kappa shape index (κ1) is 18.0. The van der Waals surface area contributed by atoms with Gasteiger partial charge in [-0.05, 0) is 44.7 Å². The molecule has 0 fully saturated rings. The van der Waals surface area contributed by atoms with Crippen molar-refractivity contribution in [2.75, 3.05) is 26.8 Å². The second-order valence-electron chi connectivity index (χ2n) is 4.90. The van der Waals surface area contributed by atoms with E-state index in [0.717, 1.165) is 51.5 Å². The summed E-state index contributed by atoms with van der Waals surface area (Å²) in [7, 11) is 1.75. The maximum atomic E-state index is 5.05. The summed E-state index contributed by atoms with van der Waals surface area (Å²) in [6, 6.07) is 4.38. The lowest BCUT2D eigenvalue weighted by molar-refractivity contribution is 0.192. The third-order valence-electron chi connectivity index (χ3n) is 3.12. The summed E-state index contributed by atoms with van der Waals surface area (Å²) >= 11 is 1.85. The highest BCUT2D eigenvalue weighted by Gasteiger charge is 2.00. The summed E-state index contributed by atoms with van der Waals surface area (Å²) in [4.78, 5) is 7.40. The molecule has 0 unspecified atom stereocenters. The summed E-state index contributed by atoms with van der Waals surface area (Å²) in [5.41, 5.74) is 0. The molecule has 0 aromatic carbocycles. The Morgan fingerprint density at radius 1 is 1.14 bits per heavy atom. The van der Waals surface area contributed by atoms with E-state index in [-0.39, 0.29) is 0 Å². The molecule has 0 radical (unpaired) electrons. The van der Waals surface area contributed by atoms with Crippen LogP contribution in [0.25, 0.3) is 0 Å². The smallest absolute Gasteiger partial charge is 0.191 e. The fraction of sp³-hybridized carbons (Fsp3) is 0.688. The summed E-state index contributed by atoms with van der Waals surface area (Å²) in [5.74, 6) is 0.913. The molecule has 0 aliphatic carbocycles. The maximum Gasteiger partial charge on any atom is 0.191 e. The number of rotatable bonds is 10. The molecule has 2 N–H and O–H groups in total. The first-order valence-corrected chi connectivity index (χ1v) is 8.70. The molecule has 0 aliphatic rings. The van der Waals surface area contributed by atoms with E-state index in [2.05, 4.69) is 41.6 Å². The van der Waals surface area contributed by atoms with Crippen molar-refractivity contribution in [1.29, 1.82) is 0 Å². The number of unbranched alkanes of at least 4 members (excludes halogenated alkanes) is 2. The highest BCUT2D eigenvalue weighted by atomic mass is 32.1. The quantitative estimate of drug-likeness (QED) is 0.396. The molecule has 1 rings (SSSR count). The van der Waals surface area contributed by atoms with Gasteiger partial charge < -0.3 is 15.4 Å². The standard InChI is InChI=1S/C16H29N3OS/c1-4-14-9-10-15(21-14)13-19-16(17-5-2)18-11-7-6-8-12-20-3/h9-10H,4-8,11-13H2,1-3H3,(H2,17,18,19). The Morgan fingerprint density at radius 2 is 1.95 bits per heavy atom. The molecule has 1 aromatic heterocycles. The maximum absolute atomic E-state index is 5.05. The zero-order valence-corrected chi connectivity index (χ0v) is 14.4. The molecule has 0 amide bonds. The lowest BCUT2D eigenvalue weighted by Crippen LogP contribution is -2.37. The van der Waals surface area contributed by atoms with Gasteiger partial charge in [-0.3, -0.25) is 0 Å². The van der Waals surface area contributed by atoms with Gasteiger partial charge in [0.2, 0.25) is 0 Å². The Morgan fingerprint density at radius 3 is 2.62 bits per heavy atom. The lowest BCUT2D eigenvalue weighted by atomic mass is 10.2. The molecular formula is C16H29N3OS. The van der Waals surface area contributed by atoms with E-state index in [0.29, 0.717) is 0 Å². The molecule has 0 bridgehead atoms. The summed E-state index contributed by atoms with van der Waals surface area (Å²) in [5, 5.41) is 6.69. The number of thiophene rings is 1. The van der Waals surface area contributed by atoms with Crippen LogP contribution in [-0.2, 0) is 17.7 Å². The molecule has 21 heavy (non-hydrogen) atoms. The van der Waals surface area contributed by atoms with Gasteiger partial charge in [-0.1, -0.05) is 6.92 Å². The molecule has 0 saturated heterocycles. The number of methoxy groups -OCH3 is 1. The molecule has 1 heterocycles. The zero-order valence-electron chi connectivity index (χ0n) is 13.6. The molecule has 0 spiro atoms. The Hall–Kier alpha value is -1.07. The van der Waals surface area contributed by atoms with Crippen LogP contribution in [0, 0.1) is 0 Å². The van der Waals surface area contributed by atoms with Gasteiger partial charge in [0.25, 0.3) is 0 Å². The van der Waals surface area contributed by atoms with Crippen LogP contribution < -0.4 is 10.6 Å². The third kappa shape index (κ3) is 8.07. The number of hydrogen-bond acceptors (Lipinski definition) is 3. The number of hydrogen-bond donors (Lipinski definition) is 2. The van der Waals surface area contributed by atoms with Crippen LogP contribution in [0.1, 0.15) is 42.9 Å². The Bertz CT molecular complexity index is 404. The highest BCUT2D eigenvalue weighted by molar-refractivity contribution is 7.11. The zero-order chi connectivity index (χ0) is 15.3. The first-order valence-electron chi connectivity index (χ1n) is 7.88. The topological polar surface area (TPSA) is 45.7 Å². The molecule has 120 valence electrons. The molecule has 0 saturated carbocycles. The molecular weight excluding hydrogens is 282 g/mol. The predicted molar refractivity (Wildman–Crippen MR) is 92.2 cm³/mol. The minimum Gasteiger partial charge on any atom is -0.385 e. The second-order valence-corrected chi connectivity index (χ2v) is 6.15. The number of ether oxygens (including phenoxy) is 1. The number of aliphatic imine (C=N–C) groups is 1. The predicted octanol–water partition coefficient (Wildman–Crippen LogP) is 3.18. The van der Waals surface area contributed by atoms with Gasteiger partial charge >= 0.3 is 0 Å². The average molecular weight is 311 g/mol. The van der Waals surface area contributed by atoms with E-state index in [1.807, 2.05) is 11.3 Å². The normalized spacial score (nSPS) is 11.7. The SMILES string of the molecule is CCNC(=NCc1ccc(CC)s1)NCCCCCOC. The number of nitrogens with zero attached hydrogens (tertiary/aromatic N) is 1. The van der Waals surface area contributed by atoms with E-state index in [1.165, 1.54) is 16.2 Å². The average Bonchev–Trinajstić information content (AvgIpc) is 2.96. The molecule has 5 heteroatoms. The van der Waals surface area contributed by atoms with Gasteiger partial charge in [-0.2, -0.15) is 0 Å².